The van der Waals surface area contributed by atoms with Crippen LogP contribution in [0.5, 0.6) is 0 Å². The lowest BCUT2D eigenvalue weighted by Gasteiger charge is -2.26. The predicted octanol–water partition coefficient (Wildman–Crippen LogP) is 3.37. The van der Waals surface area contributed by atoms with Gasteiger partial charge in [-0.2, -0.15) is 13.2 Å². The second-order valence-electron chi connectivity index (χ2n) is 4.39. The number of alkyl halides is 3. The van der Waals surface area contributed by atoms with Crippen LogP contribution in [-0.4, -0.2) is 27.1 Å². The minimum absolute atomic E-state index is 0.452. The molecule has 1 aromatic rings. The normalized spacial score (nSPS) is 13.8. The maximum Gasteiger partial charge on any atom is 0.416 e. The van der Waals surface area contributed by atoms with Gasteiger partial charge in [-0.15, -0.1) is 0 Å². The van der Waals surface area contributed by atoms with Crippen LogP contribution in [0, 0.1) is 0 Å². The summed E-state index contributed by atoms with van der Waals surface area (Å²) in [4.78, 5) is 0. The smallest absolute Gasteiger partial charge is 0.354 e. The van der Waals surface area contributed by atoms with E-state index >= 15 is 0 Å². The molecule has 0 aliphatic carbocycles. The molecule has 1 rings (SSSR count). The van der Waals surface area contributed by atoms with Crippen LogP contribution in [0.2, 0.25) is 0 Å². The Labute approximate surface area is 117 Å². The number of ether oxygens (including phenoxy) is 2. The molecule has 1 N–H and O–H groups in total. The highest BCUT2D eigenvalue weighted by molar-refractivity contribution is 5.28. The lowest BCUT2D eigenvalue weighted by atomic mass is 10.0. The van der Waals surface area contributed by atoms with E-state index in [0.717, 1.165) is 18.6 Å². The summed E-state index contributed by atoms with van der Waals surface area (Å²) < 4.78 is 48.6. The van der Waals surface area contributed by atoms with E-state index in [0.29, 0.717) is 12.1 Å². The molecule has 20 heavy (non-hydrogen) atoms. The van der Waals surface area contributed by atoms with E-state index in [1.807, 2.05) is 6.92 Å². The standard InChI is InChI=1S/C14H20F3NO2/c1-4-8-18-12(13(19-2)20-3)10-6-5-7-11(9-10)14(15,16)17/h5-7,9,12-13,18H,4,8H2,1-3H3. The van der Waals surface area contributed by atoms with Crippen LogP contribution in [0.3, 0.4) is 0 Å². The lowest BCUT2D eigenvalue weighted by molar-refractivity contribution is -0.138. The third-order valence-corrected chi connectivity index (χ3v) is 2.92. The number of nitrogens with one attached hydrogen (secondary N) is 1. The second-order valence-corrected chi connectivity index (χ2v) is 4.39. The fraction of sp³-hybridized carbons (Fsp3) is 0.571. The van der Waals surface area contributed by atoms with Gasteiger partial charge >= 0.3 is 6.18 Å². The topological polar surface area (TPSA) is 30.5 Å². The van der Waals surface area contributed by atoms with Crippen LogP contribution in [0.1, 0.15) is 30.5 Å². The lowest BCUT2D eigenvalue weighted by Crippen LogP contribution is -2.35. The van der Waals surface area contributed by atoms with Gasteiger partial charge in [-0.25, -0.2) is 0 Å². The third-order valence-electron chi connectivity index (χ3n) is 2.92. The molecule has 0 saturated carbocycles. The molecule has 0 saturated heterocycles. The van der Waals surface area contributed by atoms with Gasteiger partial charge in [0, 0.05) is 14.2 Å². The molecule has 0 heterocycles. The van der Waals surface area contributed by atoms with Gasteiger partial charge in [-0.05, 0) is 30.7 Å². The summed E-state index contributed by atoms with van der Waals surface area (Å²) in [6, 6.07) is 4.74. The number of halogens is 3. The van der Waals surface area contributed by atoms with E-state index in [1.165, 1.54) is 20.3 Å². The molecule has 0 aliphatic heterocycles. The fourth-order valence-corrected chi connectivity index (χ4v) is 1.95. The highest BCUT2D eigenvalue weighted by Crippen LogP contribution is 2.31. The van der Waals surface area contributed by atoms with Crippen molar-refractivity contribution in [3.63, 3.8) is 0 Å². The molecule has 0 bridgehead atoms. The van der Waals surface area contributed by atoms with Crippen LogP contribution in [-0.2, 0) is 15.7 Å². The van der Waals surface area contributed by atoms with Crippen LogP contribution >= 0.6 is 0 Å². The van der Waals surface area contributed by atoms with Gasteiger partial charge in [0.25, 0.3) is 0 Å². The van der Waals surface area contributed by atoms with Crippen molar-refractivity contribution in [1.82, 2.24) is 5.32 Å². The van der Waals surface area contributed by atoms with E-state index in [-0.39, 0.29) is 0 Å². The number of hydrogen-bond acceptors (Lipinski definition) is 3. The Morgan fingerprint density at radius 2 is 1.85 bits per heavy atom. The Balaban J connectivity index is 3.06. The summed E-state index contributed by atoms with van der Waals surface area (Å²) in [5.74, 6) is 0. The zero-order chi connectivity index (χ0) is 15.2. The van der Waals surface area contributed by atoms with Crippen molar-refractivity contribution in [3.05, 3.63) is 35.4 Å². The van der Waals surface area contributed by atoms with Crippen LogP contribution in [0.4, 0.5) is 13.2 Å². The SMILES string of the molecule is CCCNC(c1cccc(C(F)(F)F)c1)C(OC)OC. The Morgan fingerprint density at radius 3 is 2.35 bits per heavy atom. The fourth-order valence-electron chi connectivity index (χ4n) is 1.95. The largest absolute Gasteiger partial charge is 0.416 e. The average Bonchev–Trinajstić information content (AvgIpc) is 2.42. The van der Waals surface area contributed by atoms with Gasteiger partial charge in [0.1, 0.15) is 0 Å². The van der Waals surface area contributed by atoms with Gasteiger partial charge in [0.05, 0.1) is 11.6 Å². The van der Waals surface area contributed by atoms with Crippen molar-refractivity contribution in [1.29, 1.82) is 0 Å². The molecular formula is C14H20F3NO2. The van der Waals surface area contributed by atoms with Crippen LogP contribution < -0.4 is 5.32 Å². The molecule has 0 spiro atoms. The molecule has 0 fully saturated rings. The summed E-state index contributed by atoms with van der Waals surface area (Å²) >= 11 is 0. The predicted molar refractivity (Wildman–Crippen MR) is 70.3 cm³/mol. The van der Waals surface area contributed by atoms with Gasteiger partial charge in [0.2, 0.25) is 0 Å². The first kappa shape index (κ1) is 16.9. The molecule has 114 valence electrons. The zero-order valence-electron chi connectivity index (χ0n) is 11.8. The zero-order valence-corrected chi connectivity index (χ0v) is 11.8. The Kier molecular flexibility index (Phi) is 6.45. The molecule has 0 aliphatic rings. The molecule has 0 radical (unpaired) electrons. The number of rotatable bonds is 7. The Bertz CT molecular complexity index is 406. The van der Waals surface area contributed by atoms with Crippen molar-refractivity contribution in [2.45, 2.75) is 31.9 Å². The number of hydrogen-bond donors (Lipinski definition) is 1. The molecule has 6 heteroatoms. The molecule has 0 aromatic heterocycles. The maximum absolute atomic E-state index is 12.8. The molecule has 1 atom stereocenters. The Hall–Kier alpha value is -1.11. The minimum atomic E-state index is -4.36. The first-order valence-corrected chi connectivity index (χ1v) is 6.40. The molecule has 0 amide bonds. The summed E-state index contributed by atoms with van der Waals surface area (Å²) in [5, 5.41) is 3.15. The van der Waals surface area contributed by atoms with E-state index < -0.39 is 24.1 Å². The number of benzene rings is 1. The monoisotopic (exact) mass is 291 g/mol. The van der Waals surface area contributed by atoms with Crippen molar-refractivity contribution in [2.75, 3.05) is 20.8 Å². The van der Waals surface area contributed by atoms with Crippen molar-refractivity contribution in [2.24, 2.45) is 0 Å². The van der Waals surface area contributed by atoms with Crippen molar-refractivity contribution >= 4 is 0 Å². The van der Waals surface area contributed by atoms with Crippen LogP contribution in [0.25, 0.3) is 0 Å². The number of methoxy groups -OCH3 is 2. The molecule has 1 unspecified atom stereocenters. The van der Waals surface area contributed by atoms with Gasteiger partial charge < -0.3 is 14.8 Å². The van der Waals surface area contributed by atoms with E-state index in [4.69, 9.17) is 9.47 Å². The highest BCUT2D eigenvalue weighted by Gasteiger charge is 2.32. The summed E-state index contributed by atoms with van der Waals surface area (Å²) in [7, 11) is 2.92. The molecule has 1 aromatic carbocycles. The van der Waals surface area contributed by atoms with Gasteiger partial charge in [-0.3, -0.25) is 0 Å². The molecule has 3 nitrogen and oxygen atoms in total. The maximum atomic E-state index is 12.8. The summed E-state index contributed by atoms with van der Waals surface area (Å²) in [5.41, 5.74) is -0.189. The summed E-state index contributed by atoms with van der Waals surface area (Å²) in [6.07, 6.45) is -4.15. The third kappa shape index (κ3) is 4.47. The van der Waals surface area contributed by atoms with Gasteiger partial charge in [0.15, 0.2) is 6.29 Å². The highest BCUT2D eigenvalue weighted by atomic mass is 19.4. The Morgan fingerprint density at radius 1 is 1.20 bits per heavy atom. The molecular weight excluding hydrogens is 271 g/mol. The van der Waals surface area contributed by atoms with E-state index in [1.54, 1.807) is 6.07 Å². The first-order chi connectivity index (χ1) is 9.43. The first-order valence-electron chi connectivity index (χ1n) is 6.40. The minimum Gasteiger partial charge on any atom is -0.354 e. The second kappa shape index (κ2) is 7.61. The van der Waals surface area contributed by atoms with Crippen LogP contribution in [0.15, 0.2) is 24.3 Å². The van der Waals surface area contributed by atoms with E-state index in [9.17, 15) is 13.2 Å². The average molecular weight is 291 g/mol. The van der Waals surface area contributed by atoms with E-state index in [2.05, 4.69) is 5.32 Å². The van der Waals surface area contributed by atoms with Gasteiger partial charge in [-0.1, -0.05) is 19.1 Å². The quantitative estimate of drug-likeness (QED) is 0.781. The van der Waals surface area contributed by atoms with Crippen molar-refractivity contribution in [3.8, 4) is 0 Å². The summed E-state index contributed by atoms with van der Waals surface area (Å²) in [6.45, 7) is 2.63. The van der Waals surface area contributed by atoms with Crippen molar-refractivity contribution < 1.29 is 22.6 Å².